The highest BCUT2D eigenvalue weighted by Crippen LogP contribution is 2.46. The Kier molecular flexibility index (Phi) is 1.89. The Morgan fingerprint density at radius 2 is 2.06 bits per heavy atom. The Hall–Kier alpha value is -1.35. The zero-order chi connectivity index (χ0) is 11.4. The van der Waals surface area contributed by atoms with E-state index in [0.717, 1.165) is 25.2 Å². The number of hydrogen-bond donors (Lipinski definition) is 1. The van der Waals surface area contributed by atoms with Crippen LogP contribution in [0.1, 0.15) is 46.3 Å². The van der Waals surface area contributed by atoms with E-state index in [1.807, 2.05) is 4.90 Å². The molecular weight excluding hydrogens is 212 g/mol. The van der Waals surface area contributed by atoms with Crippen molar-refractivity contribution in [3.8, 4) is 0 Å². The van der Waals surface area contributed by atoms with Crippen molar-refractivity contribution >= 4 is 5.91 Å². The topological polar surface area (TPSA) is 32.3 Å². The van der Waals surface area contributed by atoms with Crippen LogP contribution in [0.4, 0.5) is 0 Å². The van der Waals surface area contributed by atoms with Gasteiger partial charge >= 0.3 is 0 Å². The molecule has 4 rings (SSSR count). The van der Waals surface area contributed by atoms with E-state index in [0.29, 0.717) is 5.92 Å². The number of nitrogens with zero attached hydrogens (tertiary/aromatic N) is 1. The predicted octanol–water partition coefficient (Wildman–Crippen LogP) is 1.66. The second kappa shape index (κ2) is 3.33. The van der Waals surface area contributed by atoms with Gasteiger partial charge in [-0.15, -0.1) is 0 Å². The van der Waals surface area contributed by atoms with Crippen LogP contribution >= 0.6 is 0 Å². The van der Waals surface area contributed by atoms with Crippen molar-refractivity contribution in [1.29, 1.82) is 0 Å². The van der Waals surface area contributed by atoms with Gasteiger partial charge in [-0.2, -0.15) is 0 Å². The first-order valence-electron chi connectivity index (χ1n) is 6.51. The standard InChI is InChI=1S/C14H16N2O/c17-14-13-10(9-4-5-9)2-1-3-11(13)12-8-15-6-7-16(12)14/h1-3,9,12,15H,4-8H2/t12-/m1/s1. The summed E-state index contributed by atoms with van der Waals surface area (Å²) in [5.41, 5.74) is 3.59. The van der Waals surface area contributed by atoms with Gasteiger partial charge in [0.15, 0.2) is 0 Å². The summed E-state index contributed by atoms with van der Waals surface area (Å²) in [6, 6.07) is 6.69. The van der Waals surface area contributed by atoms with Crippen LogP contribution < -0.4 is 5.32 Å². The molecule has 1 N–H and O–H groups in total. The average Bonchev–Trinajstić information content (AvgIpc) is 3.18. The normalized spacial score (nSPS) is 26.9. The summed E-state index contributed by atoms with van der Waals surface area (Å²) in [5.74, 6) is 0.928. The summed E-state index contributed by atoms with van der Waals surface area (Å²) in [4.78, 5) is 14.5. The van der Waals surface area contributed by atoms with Gasteiger partial charge in [0.1, 0.15) is 0 Å². The van der Waals surface area contributed by atoms with Gasteiger partial charge < -0.3 is 10.2 Å². The van der Waals surface area contributed by atoms with E-state index in [9.17, 15) is 4.79 Å². The van der Waals surface area contributed by atoms with Crippen molar-refractivity contribution in [2.75, 3.05) is 19.6 Å². The molecule has 1 saturated carbocycles. The summed E-state index contributed by atoms with van der Waals surface area (Å²) in [5, 5.41) is 3.39. The molecule has 1 aromatic carbocycles. The minimum absolute atomic E-state index is 0.272. The highest BCUT2D eigenvalue weighted by atomic mass is 16.2. The second-order valence-corrected chi connectivity index (χ2v) is 5.30. The predicted molar refractivity (Wildman–Crippen MR) is 65.1 cm³/mol. The third-order valence-electron chi connectivity index (χ3n) is 4.22. The smallest absolute Gasteiger partial charge is 0.255 e. The molecule has 2 heterocycles. The monoisotopic (exact) mass is 228 g/mol. The van der Waals surface area contributed by atoms with E-state index in [4.69, 9.17) is 0 Å². The van der Waals surface area contributed by atoms with E-state index in [1.165, 1.54) is 24.0 Å². The summed E-state index contributed by atoms with van der Waals surface area (Å²) in [6.07, 6.45) is 2.51. The number of benzene rings is 1. The van der Waals surface area contributed by atoms with Crippen LogP contribution in [0.25, 0.3) is 0 Å². The fraction of sp³-hybridized carbons (Fsp3) is 0.500. The van der Waals surface area contributed by atoms with Gasteiger partial charge in [-0.3, -0.25) is 4.79 Å². The molecule has 2 fully saturated rings. The van der Waals surface area contributed by atoms with Crippen LogP contribution in [0.5, 0.6) is 0 Å². The van der Waals surface area contributed by atoms with E-state index >= 15 is 0 Å². The van der Waals surface area contributed by atoms with Gasteiger partial charge in [0.2, 0.25) is 0 Å². The zero-order valence-electron chi connectivity index (χ0n) is 9.78. The summed E-state index contributed by atoms with van der Waals surface area (Å²) in [7, 11) is 0. The lowest BCUT2D eigenvalue weighted by atomic mass is 9.96. The first-order valence-corrected chi connectivity index (χ1v) is 6.51. The number of amides is 1. The molecule has 1 amide bonds. The molecule has 1 atom stereocenters. The van der Waals surface area contributed by atoms with Crippen LogP contribution in [0.2, 0.25) is 0 Å². The molecule has 1 aromatic rings. The van der Waals surface area contributed by atoms with E-state index in [-0.39, 0.29) is 11.9 Å². The van der Waals surface area contributed by atoms with Gasteiger partial charge in [-0.25, -0.2) is 0 Å². The van der Waals surface area contributed by atoms with Gasteiger partial charge in [-0.1, -0.05) is 18.2 Å². The minimum atomic E-state index is 0.272. The van der Waals surface area contributed by atoms with E-state index < -0.39 is 0 Å². The van der Waals surface area contributed by atoms with Crippen molar-refractivity contribution in [1.82, 2.24) is 10.2 Å². The summed E-state index contributed by atoms with van der Waals surface area (Å²) in [6.45, 7) is 2.68. The molecule has 1 saturated heterocycles. The maximum Gasteiger partial charge on any atom is 0.255 e. The summed E-state index contributed by atoms with van der Waals surface area (Å²) >= 11 is 0. The third-order valence-corrected chi connectivity index (χ3v) is 4.22. The molecule has 3 aliphatic rings. The van der Waals surface area contributed by atoms with Crippen molar-refractivity contribution in [2.45, 2.75) is 24.8 Å². The van der Waals surface area contributed by atoms with Gasteiger partial charge in [0.05, 0.1) is 6.04 Å². The minimum Gasteiger partial charge on any atom is -0.329 e. The lowest BCUT2D eigenvalue weighted by Gasteiger charge is -2.30. The van der Waals surface area contributed by atoms with Crippen molar-refractivity contribution in [3.63, 3.8) is 0 Å². The maximum absolute atomic E-state index is 12.5. The first-order chi connectivity index (χ1) is 8.36. The Labute approximate surface area is 101 Å². The Bertz CT molecular complexity index is 493. The molecule has 3 heteroatoms. The van der Waals surface area contributed by atoms with E-state index in [1.54, 1.807) is 0 Å². The molecule has 0 spiro atoms. The number of carbonyl (C=O) groups is 1. The fourth-order valence-electron chi connectivity index (χ4n) is 3.22. The zero-order valence-corrected chi connectivity index (χ0v) is 9.78. The maximum atomic E-state index is 12.5. The molecule has 1 aliphatic carbocycles. The molecule has 0 unspecified atom stereocenters. The number of carbonyl (C=O) groups excluding carboxylic acids is 1. The molecule has 2 aliphatic heterocycles. The first kappa shape index (κ1) is 9.66. The molecule has 3 nitrogen and oxygen atoms in total. The number of fused-ring (bicyclic) bond motifs is 3. The number of piperazine rings is 1. The van der Waals surface area contributed by atoms with E-state index in [2.05, 4.69) is 23.5 Å². The molecular formula is C14H16N2O. The molecule has 0 radical (unpaired) electrons. The molecule has 0 bridgehead atoms. The Balaban J connectivity index is 1.87. The molecule has 17 heavy (non-hydrogen) atoms. The second-order valence-electron chi connectivity index (χ2n) is 5.30. The molecule has 88 valence electrons. The lowest BCUT2D eigenvalue weighted by Crippen LogP contribution is -2.44. The van der Waals surface area contributed by atoms with Crippen molar-refractivity contribution in [2.24, 2.45) is 0 Å². The largest absolute Gasteiger partial charge is 0.329 e. The number of nitrogens with one attached hydrogen (secondary N) is 1. The van der Waals surface area contributed by atoms with Gasteiger partial charge in [0.25, 0.3) is 5.91 Å². The molecule has 0 aromatic heterocycles. The Morgan fingerprint density at radius 1 is 1.24 bits per heavy atom. The Morgan fingerprint density at radius 3 is 2.88 bits per heavy atom. The van der Waals surface area contributed by atoms with Crippen LogP contribution in [-0.4, -0.2) is 30.4 Å². The van der Waals surface area contributed by atoms with Crippen LogP contribution in [0.15, 0.2) is 18.2 Å². The third kappa shape index (κ3) is 1.29. The lowest BCUT2D eigenvalue weighted by molar-refractivity contribution is 0.0690. The fourth-order valence-corrected chi connectivity index (χ4v) is 3.22. The van der Waals surface area contributed by atoms with Crippen LogP contribution in [0.3, 0.4) is 0 Å². The van der Waals surface area contributed by atoms with Crippen molar-refractivity contribution < 1.29 is 4.79 Å². The number of hydrogen-bond acceptors (Lipinski definition) is 2. The highest BCUT2D eigenvalue weighted by molar-refractivity contribution is 6.01. The van der Waals surface area contributed by atoms with Crippen molar-refractivity contribution in [3.05, 3.63) is 34.9 Å². The van der Waals surface area contributed by atoms with Gasteiger partial charge in [0, 0.05) is 25.2 Å². The van der Waals surface area contributed by atoms with Crippen LogP contribution in [0, 0.1) is 0 Å². The summed E-state index contributed by atoms with van der Waals surface area (Å²) < 4.78 is 0. The highest BCUT2D eigenvalue weighted by Gasteiger charge is 2.41. The average molecular weight is 228 g/mol. The number of rotatable bonds is 1. The quantitative estimate of drug-likeness (QED) is 0.793. The SMILES string of the molecule is O=C1c2c(C3CC3)cccc2[C@H]2CNCCN12. The van der Waals surface area contributed by atoms with Crippen LogP contribution in [-0.2, 0) is 0 Å². The van der Waals surface area contributed by atoms with Gasteiger partial charge in [-0.05, 0) is 29.9 Å².